The Labute approximate surface area is 102 Å². The molecule has 0 saturated carbocycles. The number of nitrogens with zero attached hydrogens (tertiary/aromatic N) is 2. The third kappa shape index (κ3) is 3.70. The van der Waals surface area contributed by atoms with Crippen molar-refractivity contribution in [3.05, 3.63) is 0 Å². The number of hydrogen-bond acceptors (Lipinski definition) is 3. The van der Waals surface area contributed by atoms with E-state index < -0.39 is 12.0 Å². The van der Waals surface area contributed by atoms with Crippen LogP contribution >= 0.6 is 0 Å². The molecule has 0 radical (unpaired) electrons. The SMILES string of the molecule is CC(C)C(C(=O)O)N(C)CC(=O)N1CCCC1. The second kappa shape index (κ2) is 6.00. The molecule has 0 bridgehead atoms. The van der Waals surface area contributed by atoms with Gasteiger partial charge in [0.05, 0.1) is 6.54 Å². The smallest absolute Gasteiger partial charge is 0.321 e. The summed E-state index contributed by atoms with van der Waals surface area (Å²) in [5.41, 5.74) is 0. The Bertz CT molecular complexity index is 285. The molecule has 1 N–H and O–H groups in total. The lowest BCUT2D eigenvalue weighted by atomic mass is 10.0. The minimum atomic E-state index is -0.864. The number of aliphatic carboxylic acids is 1. The summed E-state index contributed by atoms with van der Waals surface area (Å²) in [7, 11) is 1.70. The molecule has 0 aliphatic carbocycles. The van der Waals surface area contributed by atoms with E-state index in [1.165, 1.54) is 0 Å². The van der Waals surface area contributed by atoms with Crippen LogP contribution in [0.3, 0.4) is 0 Å². The second-order valence-corrected chi connectivity index (χ2v) is 5.03. The third-order valence-electron chi connectivity index (χ3n) is 3.20. The molecule has 1 aliphatic rings. The van der Waals surface area contributed by atoms with Crippen molar-refractivity contribution in [3.8, 4) is 0 Å². The Morgan fingerprint density at radius 2 is 1.82 bits per heavy atom. The van der Waals surface area contributed by atoms with Crippen molar-refractivity contribution in [1.82, 2.24) is 9.80 Å². The van der Waals surface area contributed by atoms with E-state index in [4.69, 9.17) is 5.11 Å². The van der Waals surface area contributed by atoms with Crippen LogP contribution < -0.4 is 0 Å². The van der Waals surface area contributed by atoms with Crippen molar-refractivity contribution in [1.29, 1.82) is 0 Å². The van der Waals surface area contributed by atoms with Gasteiger partial charge in [0.1, 0.15) is 6.04 Å². The molecule has 1 aliphatic heterocycles. The molecule has 0 aromatic carbocycles. The van der Waals surface area contributed by atoms with Crippen LogP contribution in [0, 0.1) is 5.92 Å². The largest absolute Gasteiger partial charge is 0.480 e. The Morgan fingerprint density at radius 3 is 2.24 bits per heavy atom. The third-order valence-corrected chi connectivity index (χ3v) is 3.20. The van der Waals surface area contributed by atoms with E-state index in [1.54, 1.807) is 11.9 Å². The Kier molecular flexibility index (Phi) is 4.93. The molecule has 1 saturated heterocycles. The fourth-order valence-electron chi connectivity index (χ4n) is 2.36. The maximum atomic E-state index is 11.9. The number of hydrogen-bond donors (Lipinski definition) is 1. The van der Waals surface area contributed by atoms with Gasteiger partial charge < -0.3 is 10.0 Å². The van der Waals surface area contributed by atoms with Gasteiger partial charge in [0.2, 0.25) is 5.91 Å². The molecule has 1 heterocycles. The highest BCUT2D eigenvalue weighted by atomic mass is 16.4. The van der Waals surface area contributed by atoms with Crippen molar-refractivity contribution in [2.75, 3.05) is 26.7 Å². The van der Waals surface area contributed by atoms with Crippen molar-refractivity contribution in [3.63, 3.8) is 0 Å². The normalized spacial score (nSPS) is 17.8. The molecule has 5 heteroatoms. The highest BCUT2D eigenvalue weighted by Gasteiger charge is 2.29. The number of amides is 1. The number of rotatable bonds is 5. The Balaban J connectivity index is 2.53. The summed E-state index contributed by atoms with van der Waals surface area (Å²) in [5.74, 6) is -0.836. The zero-order valence-corrected chi connectivity index (χ0v) is 10.8. The standard InChI is InChI=1S/C12H22N2O3/c1-9(2)11(12(16)17)13(3)8-10(15)14-6-4-5-7-14/h9,11H,4-8H2,1-3H3,(H,16,17). The summed E-state index contributed by atoms with van der Waals surface area (Å²) >= 11 is 0. The van der Waals surface area contributed by atoms with Gasteiger partial charge in [-0.2, -0.15) is 0 Å². The molecular weight excluding hydrogens is 220 g/mol. The zero-order valence-electron chi connectivity index (χ0n) is 10.8. The topological polar surface area (TPSA) is 60.9 Å². The van der Waals surface area contributed by atoms with Crippen molar-refractivity contribution >= 4 is 11.9 Å². The van der Waals surface area contributed by atoms with E-state index in [9.17, 15) is 9.59 Å². The zero-order chi connectivity index (χ0) is 13.0. The molecule has 1 rings (SSSR count). The predicted octanol–water partition coefficient (Wildman–Crippen LogP) is 0.650. The van der Waals surface area contributed by atoms with Gasteiger partial charge in [-0.3, -0.25) is 14.5 Å². The minimum absolute atomic E-state index is 0.0103. The molecule has 0 aromatic rings. The summed E-state index contributed by atoms with van der Waals surface area (Å²) in [4.78, 5) is 26.5. The first-order valence-electron chi connectivity index (χ1n) is 6.14. The molecule has 98 valence electrons. The number of likely N-dealkylation sites (N-methyl/N-ethyl adjacent to an activating group) is 1. The van der Waals surface area contributed by atoms with E-state index in [0.29, 0.717) is 0 Å². The first kappa shape index (κ1) is 14.0. The lowest BCUT2D eigenvalue weighted by Crippen LogP contribution is -2.47. The fourth-order valence-corrected chi connectivity index (χ4v) is 2.36. The van der Waals surface area contributed by atoms with Crippen LogP contribution in [-0.4, -0.2) is 59.5 Å². The van der Waals surface area contributed by atoms with E-state index >= 15 is 0 Å². The van der Waals surface area contributed by atoms with Gasteiger partial charge in [0.25, 0.3) is 0 Å². The summed E-state index contributed by atoms with van der Waals surface area (Å²) in [5, 5.41) is 9.13. The van der Waals surface area contributed by atoms with Gasteiger partial charge in [-0.1, -0.05) is 13.8 Å². The molecule has 0 spiro atoms. The number of carboxylic acids is 1. The van der Waals surface area contributed by atoms with E-state index in [0.717, 1.165) is 25.9 Å². The highest BCUT2D eigenvalue weighted by molar-refractivity contribution is 5.80. The van der Waals surface area contributed by atoms with Gasteiger partial charge in [0, 0.05) is 13.1 Å². The van der Waals surface area contributed by atoms with Crippen LogP contribution in [-0.2, 0) is 9.59 Å². The van der Waals surface area contributed by atoms with Crippen molar-refractivity contribution in [2.24, 2.45) is 5.92 Å². The average molecular weight is 242 g/mol. The van der Waals surface area contributed by atoms with Crippen LogP contribution in [0.2, 0.25) is 0 Å². The van der Waals surface area contributed by atoms with Crippen molar-refractivity contribution in [2.45, 2.75) is 32.7 Å². The van der Waals surface area contributed by atoms with Gasteiger partial charge in [-0.25, -0.2) is 0 Å². The molecule has 0 aromatic heterocycles. The van der Waals surface area contributed by atoms with Crippen LogP contribution in [0.4, 0.5) is 0 Å². The Morgan fingerprint density at radius 1 is 1.29 bits per heavy atom. The first-order valence-corrected chi connectivity index (χ1v) is 6.14. The highest BCUT2D eigenvalue weighted by Crippen LogP contribution is 2.12. The van der Waals surface area contributed by atoms with Crippen molar-refractivity contribution < 1.29 is 14.7 Å². The van der Waals surface area contributed by atoms with Gasteiger partial charge in [-0.05, 0) is 25.8 Å². The molecular formula is C12H22N2O3. The molecule has 1 atom stereocenters. The first-order chi connectivity index (χ1) is 7.93. The molecule has 5 nitrogen and oxygen atoms in total. The lowest BCUT2D eigenvalue weighted by Gasteiger charge is -2.28. The maximum absolute atomic E-state index is 11.9. The summed E-state index contributed by atoms with van der Waals surface area (Å²) in [6.45, 7) is 5.53. The second-order valence-electron chi connectivity index (χ2n) is 5.03. The molecule has 1 unspecified atom stereocenters. The van der Waals surface area contributed by atoms with Gasteiger partial charge in [0.15, 0.2) is 0 Å². The number of likely N-dealkylation sites (tertiary alicyclic amines) is 1. The van der Waals surface area contributed by atoms with Gasteiger partial charge >= 0.3 is 5.97 Å². The quantitative estimate of drug-likeness (QED) is 0.769. The maximum Gasteiger partial charge on any atom is 0.321 e. The molecule has 17 heavy (non-hydrogen) atoms. The average Bonchev–Trinajstić information content (AvgIpc) is 2.68. The van der Waals surface area contributed by atoms with Crippen LogP contribution in [0.1, 0.15) is 26.7 Å². The Hall–Kier alpha value is -1.10. The summed E-state index contributed by atoms with van der Waals surface area (Å²) in [6.07, 6.45) is 2.12. The number of carbonyl (C=O) groups is 2. The van der Waals surface area contributed by atoms with E-state index in [-0.39, 0.29) is 18.4 Å². The van der Waals surface area contributed by atoms with Crippen LogP contribution in [0.25, 0.3) is 0 Å². The number of carbonyl (C=O) groups excluding carboxylic acids is 1. The molecule has 1 fully saturated rings. The minimum Gasteiger partial charge on any atom is -0.480 e. The van der Waals surface area contributed by atoms with E-state index in [1.807, 2.05) is 18.7 Å². The fraction of sp³-hybridized carbons (Fsp3) is 0.833. The lowest BCUT2D eigenvalue weighted by molar-refractivity contribution is -0.145. The van der Waals surface area contributed by atoms with Crippen LogP contribution in [0.5, 0.6) is 0 Å². The van der Waals surface area contributed by atoms with Crippen LogP contribution in [0.15, 0.2) is 0 Å². The molecule has 1 amide bonds. The monoisotopic (exact) mass is 242 g/mol. The summed E-state index contributed by atoms with van der Waals surface area (Å²) in [6, 6.07) is -0.596. The van der Waals surface area contributed by atoms with E-state index in [2.05, 4.69) is 0 Å². The van der Waals surface area contributed by atoms with Gasteiger partial charge in [-0.15, -0.1) is 0 Å². The number of carboxylic acid groups (broad SMARTS) is 1. The summed E-state index contributed by atoms with van der Waals surface area (Å²) < 4.78 is 0. The predicted molar refractivity (Wildman–Crippen MR) is 64.7 cm³/mol.